The molecule has 1 aromatic rings. The predicted molar refractivity (Wildman–Crippen MR) is 97.1 cm³/mol. The molecule has 3 saturated carbocycles. The second kappa shape index (κ2) is 5.42. The standard InChI is InChI=1S/C18H22NO3P2.W/c23-21-11-2-1-10-9-12-16-3-5-17(22-24,6-4-16)15-18(16,7-8-19-12)13(10)14(11)20-15;/h1-2,5,12,15,19H,3-4,6-9,23-24H2;/q-1;/t12-,15+,16+,17+,18+;/m1./s1. The molecule has 1 aromatic carbocycles. The van der Waals surface area contributed by atoms with Gasteiger partial charge in [0.25, 0.3) is 0 Å². The molecule has 6 aliphatic rings. The van der Waals surface area contributed by atoms with Crippen molar-refractivity contribution in [1.29, 1.82) is 0 Å². The molecule has 25 heavy (non-hydrogen) atoms. The van der Waals surface area contributed by atoms with Gasteiger partial charge in [-0.15, -0.1) is 0 Å². The SMILES string of the molecule is POc1ccc2c3c1O[C@@H]1[C@]34CCN[C@H](C2)[C@@]42C[CH-][C@]1(OP)CC2.[W]. The smallest absolute Gasteiger partial charge is 0.166 e. The maximum absolute atomic E-state index is 6.69. The topological polar surface area (TPSA) is 39.7 Å². The average Bonchev–Trinajstić information content (AvgIpc) is 2.98. The molecule has 4 bridgehead atoms. The Bertz CT molecular complexity index is 752. The molecule has 1 N–H and O–H groups in total. The Labute approximate surface area is 167 Å². The number of fused-ring (bicyclic) bond motifs is 2. The molecule has 1 saturated heterocycles. The van der Waals surface area contributed by atoms with Crippen LogP contribution < -0.4 is 14.6 Å². The molecular weight excluding hydrogens is 524 g/mol. The first-order valence-corrected chi connectivity index (χ1v) is 9.80. The van der Waals surface area contributed by atoms with Crippen LogP contribution in [0.15, 0.2) is 12.1 Å². The molecule has 4 aliphatic carbocycles. The third-order valence-corrected chi connectivity index (χ3v) is 8.48. The van der Waals surface area contributed by atoms with Crippen molar-refractivity contribution in [2.24, 2.45) is 5.41 Å². The molecule has 0 aromatic heterocycles. The minimum absolute atomic E-state index is 0. The number of ether oxygens (including phenoxy) is 1. The first-order valence-electron chi connectivity index (χ1n) is 8.86. The number of piperidine rings is 1. The van der Waals surface area contributed by atoms with E-state index in [1.807, 2.05) is 0 Å². The molecule has 7 rings (SSSR count). The van der Waals surface area contributed by atoms with E-state index in [1.54, 1.807) is 0 Å². The summed E-state index contributed by atoms with van der Waals surface area (Å²) in [5, 5.41) is 3.85. The Hall–Kier alpha value is 0.288. The zero-order valence-electron chi connectivity index (χ0n) is 13.9. The van der Waals surface area contributed by atoms with E-state index in [4.69, 9.17) is 13.8 Å². The van der Waals surface area contributed by atoms with Crippen molar-refractivity contribution in [2.75, 3.05) is 6.54 Å². The number of hydrogen-bond donors (Lipinski definition) is 1. The van der Waals surface area contributed by atoms with Crippen LogP contribution in [0.2, 0.25) is 0 Å². The van der Waals surface area contributed by atoms with Crippen molar-refractivity contribution < 1.29 is 34.8 Å². The summed E-state index contributed by atoms with van der Waals surface area (Å²) in [7, 11) is 4.90. The molecule has 0 amide bonds. The van der Waals surface area contributed by atoms with Crippen molar-refractivity contribution >= 4 is 18.9 Å². The third-order valence-electron chi connectivity index (χ3n) is 7.79. The van der Waals surface area contributed by atoms with Crippen LogP contribution in [0.25, 0.3) is 0 Å². The van der Waals surface area contributed by atoms with E-state index in [2.05, 4.69) is 42.8 Å². The van der Waals surface area contributed by atoms with Gasteiger partial charge in [-0.25, -0.2) is 0 Å². The van der Waals surface area contributed by atoms with E-state index in [9.17, 15) is 0 Å². The molecule has 134 valence electrons. The van der Waals surface area contributed by atoms with Crippen LogP contribution in [0.1, 0.15) is 36.8 Å². The van der Waals surface area contributed by atoms with Gasteiger partial charge in [-0.05, 0) is 64.3 Å². The zero-order chi connectivity index (χ0) is 16.2. The van der Waals surface area contributed by atoms with E-state index in [-0.39, 0.29) is 43.6 Å². The number of hydrogen-bond acceptors (Lipinski definition) is 4. The first kappa shape index (κ1) is 17.4. The van der Waals surface area contributed by atoms with Crippen molar-refractivity contribution in [2.45, 2.75) is 55.3 Å². The van der Waals surface area contributed by atoms with Gasteiger partial charge >= 0.3 is 0 Å². The average molecular weight is 546 g/mol. The molecule has 2 heterocycles. The summed E-state index contributed by atoms with van der Waals surface area (Å²) in [4.78, 5) is 0. The van der Waals surface area contributed by atoms with Gasteiger partial charge < -0.3 is 19.1 Å². The van der Waals surface area contributed by atoms with Gasteiger partial charge in [0.05, 0.1) is 9.47 Å². The zero-order valence-corrected chi connectivity index (χ0v) is 19.2. The van der Waals surface area contributed by atoms with Crippen LogP contribution in [0.4, 0.5) is 0 Å². The minimum atomic E-state index is -0.292. The number of benzene rings is 1. The monoisotopic (exact) mass is 546 g/mol. The Kier molecular flexibility index (Phi) is 3.77. The summed E-state index contributed by atoms with van der Waals surface area (Å²) in [6.45, 7) is 1.06. The maximum atomic E-state index is 6.69. The third kappa shape index (κ3) is 1.70. The van der Waals surface area contributed by atoms with Gasteiger partial charge in [0.2, 0.25) is 0 Å². The molecule has 7 atom stereocenters. The van der Waals surface area contributed by atoms with Gasteiger partial charge in [0.15, 0.2) is 11.5 Å². The summed E-state index contributed by atoms with van der Waals surface area (Å²) in [6.07, 6.45) is 8.05. The van der Waals surface area contributed by atoms with Crippen molar-refractivity contribution in [3.63, 3.8) is 0 Å². The Morgan fingerprint density at radius 1 is 1.24 bits per heavy atom. The Balaban J connectivity index is 0.00000140. The maximum Gasteiger partial charge on any atom is 0.166 e. The fourth-order valence-corrected chi connectivity index (χ4v) is 7.42. The molecule has 7 heteroatoms. The van der Waals surface area contributed by atoms with Crippen LogP contribution >= 0.6 is 18.9 Å². The summed E-state index contributed by atoms with van der Waals surface area (Å²) in [6, 6.07) is 4.85. The van der Waals surface area contributed by atoms with E-state index >= 15 is 0 Å². The fourth-order valence-electron chi connectivity index (χ4n) is 6.90. The quantitative estimate of drug-likeness (QED) is 0.458. The van der Waals surface area contributed by atoms with Crippen LogP contribution in [-0.4, -0.2) is 24.3 Å². The summed E-state index contributed by atoms with van der Waals surface area (Å²) >= 11 is 0. The van der Waals surface area contributed by atoms with Gasteiger partial charge in [0, 0.05) is 38.1 Å². The molecular formula is C18H22NO3P2W-. The largest absolute Gasteiger partial charge is 0.485 e. The fraction of sp³-hybridized carbons (Fsp3) is 0.611. The second-order valence-corrected chi connectivity index (χ2v) is 8.58. The summed E-state index contributed by atoms with van der Waals surface area (Å²) < 4.78 is 18.3. The second-order valence-electron chi connectivity index (χ2n) is 8.11. The molecule has 2 aliphatic heterocycles. The number of nitrogens with one attached hydrogen (secondary N) is 1. The van der Waals surface area contributed by atoms with Crippen LogP contribution in [0.3, 0.4) is 0 Å². The molecule has 2 unspecified atom stereocenters. The van der Waals surface area contributed by atoms with E-state index in [1.165, 1.54) is 17.5 Å². The molecule has 4 nitrogen and oxygen atoms in total. The van der Waals surface area contributed by atoms with Crippen molar-refractivity contribution in [1.82, 2.24) is 5.32 Å². The van der Waals surface area contributed by atoms with Gasteiger partial charge in [-0.2, -0.15) is 6.42 Å². The van der Waals surface area contributed by atoms with Crippen LogP contribution in [-0.2, 0) is 37.4 Å². The predicted octanol–water partition coefficient (Wildman–Crippen LogP) is 2.70. The summed E-state index contributed by atoms with van der Waals surface area (Å²) in [5.41, 5.74) is 2.91. The van der Waals surface area contributed by atoms with Crippen LogP contribution in [0, 0.1) is 11.8 Å². The van der Waals surface area contributed by atoms with E-state index in [0.717, 1.165) is 43.7 Å². The first-order chi connectivity index (χ1) is 11.7. The van der Waals surface area contributed by atoms with E-state index in [0.29, 0.717) is 6.04 Å². The van der Waals surface area contributed by atoms with Gasteiger partial charge in [-0.1, -0.05) is 6.07 Å². The minimum Gasteiger partial charge on any atom is -0.485 e. The normalized spacial score (nSPS) is 44.6. The molecule has 2 spiro atoms. The van der Waals surface area contributed by atoms with Crippen LogP contribution in [0.5, 0.6) is 11.5 Å². The Morgan fingerprint density at radius 2 is 2.12 bits per heavy atom. The molecule has 0 radical (unpaired) electrons. The Morgan fingerprint density at radius 3 is 2.84 bits per heavy atom. The number of rotatable bonds is 2. The van der Waals surface area contributed by atoms with Crippen molar-refractivity contribution in [3.05, 3.63) is 29.7 Å². The van der Waals surface area contributed by atoms with E-state index < -0.39 is 0 Å². The van der Waals surface area contributed by atoms with Gasteiger partial charge in [0.1, 0.15) is 6.10 Å². The van der Waals surface area contributed by atoms with Gasteiger partial charge in [-0.3, -0.25) is 6.42 Å². The summed E-state index contributed by atoms with van der Waals surface area (Å²) in [5.74, 6) is 1.81. The molecule has 4 fully saturated rings. The van der Waals surface area contributed by atoms with Crippen molar-refractivity contribution in [3.8, 4) is 11.5 Å².